The zero-order chi connectivity index (χ0) is 16.1. The fraction of sp³-hybridized carbons (Fsp3) is 0.111. The molecule has 116 valence electrons. The van der Waals surface area contributed by atoms with Gasteiger partial charge in [0.05, 0.1) is 5.69 Å². The zero-order valence-electron chi connectivity index (χ0n) is 12.8. The Morgan fingerprint density at radius 1 is 1.00 bits per heavy atom. The average molecular weight is 369 g/mol. The molecule has 0 aliphatic rings. The number of aromatic nitrogens is 2. The van der Waals surface area contributed by atoms with Gasteiger partial charge in [0.15, 0.2) is 0 Å². The summed E-state index contributed by atoms with van der Waals surface area (Å²) in [6, 6.07) is 18.2. The molecule has 4 nitrogen and oxygen atoms in total. The van der Waals surface area contributed by atoms with Crippen LogP contribution in [0.3, 0.4) is 0 Å². The molecule has 0 aliphatic carbocycles. The van der Waals surface area contributed by atoms with Gasteiger partial charge < -0.3 is 10.6 Å². The molecule has 0 radical (unpaired) electrons. The van der Waals surface area contributed by atoms with E-state index in [-0.39, 0.29) is 0 Å². The van der Waals surface area contributed by atoms with Gasteiger partial charge in [-0.3, -0.25) is 0 Å². The molecule has 0 atom stereocenters. The van der Waals surface area contributed by atoms with Gasteiger partial charge in [0.2, 0.25) is 5.95 Å². The summed E-state index contributed by atoms with van der Waals surface area (Å²) in [5, 5.41) is 6.53. The lowest BCUT2D eigenvalue weighted by Crippen LogP contribution is -2.05. The van der Waals surface area contributed by atoms with Crippen LogP contribution >= 0.6 is 15.9 Å². The summed E-state index contributed by atoms with van der Waals surface area (Å²) in [4.78, 5) is 8.75. The van der Waals surface area contributed by atoms with Crippen LogP contribution in [0.1, 0.15) is 11.1 Å². The monoisotopic (exact) mass is 368 g/mol. The van der Waals surface area contributed by atoms with Crippen LogP contribution in [0.5, 0.6) is 0 Å². The summed E-state index contributed by atoms with van der Waals surface area (Å²) in [7, 11) is 0. The third-order valence-electron chi connectivity index (χ3n) is 3.36. The van der Waals surface area contributed by atoms with Crippen LogP contribution in [0, 0.1) is 6.92 Å². The van der Waals surface area contributed by atoms with E-state index < -0.39 is 0 Å². The highest BCUT2D eigenvalue weighted by Crippen LogP contribution is 2.24. The smallest absolute Gasteiger partial charge is 0.224 e. The van der Waals surface area contributed by atoms with Crippen LogP contribution in [-0.2, 0) is 6.54 Å². The lowest BCUT2D eigenvalue weighted by atomic mass is 10.1. The van der Waals surface area contributed by atoms with Crippen molar-refractivity contribution in [3.8, 4) is 0 Å². The first-order valence-corrected chi connectivity index (χ1v) is 8.14. The van der Waals surface area contributed by atoms with Crippen molar-refractivity contribution in [2.24, 2.45) is 0 Å². The molecule has 1 heterocycles. The van der Waals surface area contributed by atoms with E-state index in [1.165, 1.54) is 11.1 Å². The van der Waals surface area contributed by atoms with Gasteiger partial charge in [-0.05, 0) is 46.6 Å². The largest absolute Gasteiger partial charge is 0.350 e. The molecule has 3 rings (SSSR count). The van der Waals surface area contributed by atoms with Crippen molar-refractivity contribution in [3.05, 3.63) is 76.4 Å². The highest BCUT2D eigenvalue weighted by molar-refractivity contribution is 9.10. The van der Waals surface area contributed by atoms with E-state index in [1.54, 1.807) is 6.20 Å². The van der Waals surface area contributed by atoms with Crippen molar-refractivity contribution in [3.63, 3.8) is 0 Å². The van der Waals surface area contributed by atoms with Crippen molar-refractivity contribution in [2.45, 2.75) is 13.5 Å². The Bertz CT molecular complexity index is 787. The van der Waals surface area contributed by atoms with Gasteiger partial charge >= 0.3 is 0 Å². The fourth-order valence-corrected chi connectivity index (χ4v) is 2.48. The maximum absolute atomic E-state index is 4.49. The fourth-order valence-electron chi connectivity index (χ4n) is 2.10. The van der Waals surface area contributed by atoms with Crippen LogP contribution in [0.15, 0.2) is 65.3 Å². The number of anilines is 3. The van der Waals surface area contributed by atoms with Crippen molar-refractivity contribution >= 4 is 33.4 Å². The van der Waals surface area contributed by atoms with Crippen molar-refractivity contribution in [1.82, 2.24) is 9.97 Å². The molecule has 0 saturated heterocycles. The van der Waals surface area contributed by atoms with E-state index in [1.807, 2.05) is 30.3 Å². The standard InChI is InChI=1S/C18H17BrN4/c1-13-6-8-14(9-7-13)12-21-18-20-11-10-17(23-18)22-16-5-3-2-4-15(16)19/h2-11H,12H2,1H3,(H2,20,21,22,23). The van der Waals surface area contributed by atoms with Gasteiger partial charge in [-0.1, -0.05) is 42.0 Å². The second-order valence-electron chi connectivity index (χ2n) is 5.21. The van der Waals surface area contributed by atoms with Crippen molar-refractivity contribution in [2.75, 3.05) is 10.6 Å². The van der Waals surface area contributed by atoms with Crippen LogP contribution < -0.4 is 10.6 Å². The van der Waals surface area contributed by atoms with Gasteiger partial charge in [0.25, 0.3) is 0 Å². The van der Waals surface area contributed by atoms with Gasteiger partial charge in [-0.15, -0.1) is 0 Å². The number of nitrogens with zero attached hydrogens (tertiary/aromatic N) is 2. The molecule has 3 aromatic rings. The molecule has 1 aromatic heterocycles. The lowest BCUT2D eigenvalue weighted by Gasteiger charge is -2.09. The van der Waals surface area contributed by atoms with E-state index in [4.69, 9.17) is 0 Å². The highest BCUT2D eigenvalue weighted by Gasteiger charge is 2.02. The molecular formula is C18H17BrN4. The SMILES string of the molecule is Cc1ccc(CNc2nccc(Nc3ccccc3Br)n2)cc1. The molecule has 23 heavy (non-hydrogen) atoms. The number of benzene rings is 2. The molecule has 0 bridgehead atoms. The Balaban J connectivity index is 1.67. The zero-order valence-corrected chi connectivity index (χ0v) is 14.3. The van der Waals surface area contributed by atoms with Crippen molar-refractivity contribution < 1.29 is 0 Å². The average Bonchev–Trinajstić information content (AvgIpc) is 2.57. The number of aryl methyl sites for hydroxylation is 1. The van der Waals surface area contributed by atoms with Gasteiger partial charge in [-0.25, -0.2) is 4.98 Å². The summed E-state index contributed by atoms with van der Waals surface area (Å²) >= 11 is 3.52. The predicted octanol–water partition coefficient (Wildman–Crippen LogP) is 4.90. The summed E-state index contributed by atoms with van der Waals surface area (Å²) in [5.41, 5.74) is 3.42. The summed E-state index contributed by atoms with van der Waals surface area (Å²) < 4.78 is 0.993. The molecular weight excluding hydrogens is 352 g/mol. The highest BCUT2D eigenvalue weighted by atomic mass is 79.9. The van der Waals surface area contributed by atoms with Crippen molar-refractivity contribution in [1.29, 1.82) is 0 Å². The first kappa shape index (κ1) is 15.5. The number of hydrogen-bond donors (Lipinski definition) is 2. The molecule has 0 amide bonds. The molecule has 0 unspecified atom stereocenters. The number of rotatable bonds is 5. The summed E-state index contributed by atoms with van der Waals surface area (Å²) in [6.07, 6.45) is 1.74. The lowest BCUT2D eigenvalue weighted by molar-refractivity contribution is 1.05. The summed E-state index contributed by atoms with van der Waals surface area (Å²) in [6.45, 7) is 2.77. The third kappa shape index (κ3) is 4.29. The van der Waals surface area contributed by atoms with E-state index >= 15 is 0 Å². The molecule has 2 aromatic carbocycles. The topological polar surface area (TPSA) is 49.8 Å². The van der Waals surface area contributed by atoms with Crippen LogP contribution in [0.4, 0.5) is 17.5 Å². The first-order valence-electron chi connectivity index (χ1n) is 7.35. The van der Waals surface area contributed by atoms with Gasteiger partial charge in [-0.2, -0.15) is 4.98 Å². The van der Waals surface area contributed by atoms with Gasteiger partial charge in [0, 0.05) is 17.2 Å². The second-order valence-corrected chi connectivity index (χ2v) is 6.06. The molecule has 0 saturated carbocycles. The number of halogens is 1. The van der Waals surface area contributed by atoms with Gasteiger partial charge in [0.1, 0.15) is 5.82 Å². The third-order valence-corrected chi connectivity index (χ3v) is 4.05. The van der Waals surface area contributed by atoms with E-state index in [9.17, 15) is 0 Å². The maximum atomic E-state index is 4.49. The maximum Gasteiger partial charge on any atom is 0.224 e. The van der Waals surface area contributed by atoms with E-state index in [0.29, 0.717) is 12.5 Å². The Morgan fingerprint density at radius 2 is 1.78 bits per heavy atom. The van der Waals surface area contributed by atoms with Crippen LogP contribution in [0.2, 0.25) is 0 Å². The minimum Gasteiger partial charge on any atom is -0.350 e. The Hall–Kier alpha value is -2.40. The Labute approximate surface area is 144 Å². The minimum atomic E-state index is 0.600. The normalized spacial score (nSPS) is 10.3. The minimum absolute atomic E-state index is 0.600. The Kier molecular flexibility index (Phi) is 4.88. The molecule has 0 aliphatic heterocycles. The molecule has 0 spiro atoms. The first-order chi connectivity index (χ1) is 11.2. The Morgan fingerprint density at radius 3 is 2.57 bits per heavy atom. The number of nitrogens with one attached hydrogen (secondary N) is 2. The van der Waals surface area contributed by atoms with E-state index in [2.05, 4.69) is 67.7 Å². The molecule has 2 N–H and O–H groups in total. The van der Waals surface area contributed by atoms with Crippen LogP contribution in [-0.4, -0.2) is 9.97 Å². The number of hydrogen-bond acceptors (Lipinski definition) is 4. The predicted molar refractivity (Wildman–Crippen MR) is 98.0 cm³/mol. The molecule has 0 fully saturated rings. The number of para-hydroxylation sites is 1. The summed E-state index contributed by atoms with van der Waals surface area (Å²) in [5.74, 6) is 1.35. The quantitative estimate of drug-likeness (QED) is 0.672. The van der Waals surface area contributed by atoms with E-state index in [0.717, 1.165) is 16.0 Å². The second kappa shape index (κ2) is 7.24. The van der Waals surface area contributed by atoms with Crippen LogP contribution in [0.25, 0.3) is 0 Å². The molecule has 5 heteroatoms.